The Morgan fingerprint density at radius 1 is 1.00 bits per heavy atom. The van der Waals surface area contributed by atoms with Crippen LogP contribution in [0.25, 0.3) is 5.69 Å². The number of H-pyrrole nitrogens is 1. The predicted molar refractivity (Wildman–Crippen MR) is 102 cm³/mol. The molecule has 1 N–H and O–H groups in total. The molecule has 0 spiro atoms. The summed E-state index contributed by atoms with van der Waals surface area (Å²) >= 11 is 18.6. The number of benzene rings is 2. The second-order valence-corrected chi connectivity index (χ2v) is 6.67. The van der Waals surface area contributed by atoms with Crippen LogP contribution in [0.15, 0.2) is 58.3 Å². The molecule has 0 aliphatic carbocycles. The van der Waals surface area contributed by atoms with E-state index in [2.05, 4.69) is 11.1 Å². The average Bonchev–Trinajstić information content (AvgIpc) is 2.59. The van der Waals surface area contributed by atoms with Gasteiger partial charge in [0, 0.05) is 32.9 Å². The average molecular weight is 407 g/mol. The number of aromatic amines is 1. The van der Waals surface area contributed by atoms with E-state index in [0.29, 0.717) is 21.8 Å². The van der Waals surface area contributed by atoms with Crippen LogP contribution in [0.4, 0.5) is 0 Å². The maximum atomic E-state index is 11.9. The van der Waals surface area contributed by atoms with Crippen molar-refractivity contribution in [2.75, 3.05) is 0 Å². The summed E-state index contributed by atoms with van der Waals surface area (Å²) in [7, 11) is 0. The Labute approximate surface area is 163 Å². The third kappa shape index (κ3) is 3.54. The smallest absolute Gasteiger partial charge is 0.274 e. The number of halogens is 3. The van der Waals surface area contributed by atoms with Gasteiger partial charge in [-0.2, -0.15) is 5.26 Å². The van der Waals surface area contributed by atoms with Crippen LogP contribution in [0.5, 0.6) is 0 Å². The van der Waals surface area contributed by atoms with Gasteiger partial charge in [0.05, 0.1) is 17.7 Å². The normalized spacial score (nSPS) is 11.8. The summed E-state index contributed by atoms with van der Waals surface area (Å²) < 4.78 is 1.20. The molecule has 26 heavy (non-hydrogen) atoms. The van der Waals surface area contributed by atoms with Crippen molar-refractivity contribution >= 4 is 34.8 Å². The van der Waals surface area contributed by atoms with E-state index in [4.69, 9.17) is 34.8 Å². The molecule has 1 aromatic heterocycles. The number of nitrogens with zero attached hydrogens (tertiary/aromatic N) is 2. The van der Waals surface area contributed by atoms with Crippen LogP contribution in [-0.4, -0.2) is 9.55 Å². The van der Waals surface area contributed by atoms with Gasteiger partial charge < -0.3 is 0 Å². The molecule has 1 atom stereocenters. The van der Waals surface area contributed by atoms with Crippen molar-refractivity contribution in [3.8, 4) is 11.8 Å². The van der Waals surface area contributed by atoms with Crippen molar-refractivity contribution in [2.24, 2.45) is 0 Å². The van der Waals surface area contributed by atoms with Gasteiger partial charge in [-0.05, 0) is 29.8 Å². The SMILES string of the molecule is N#CC(c1ccc(Cl)cc1)c1c(Cl)cc(-n2ccc(=O)[nH]c2=O)cc1Cl. The highest BCUT2D eigenvalue weighted by Crippen LogP contribution is 2.37. The molecule has 0 saturated carbocycles. The number of hydrogen-bond acceptors (Lipinski definition) is 3. The van der Waals surface area contributed by atoms with E-state index >= 15 is 0 Å². The topological polar surface area (TPSA) is 78.7 Å². The molecule has 0 radical (unpaired) electrons. The molecule has 3 rings (SSSR count). The minimum Gasteiger partial charge on any atom is -0.274 e. The quantitative estimate of drug-likeness (QED) is 0.710. The maximum Gasteiger partial charge on any atom is 0.332 e. The molecule has 1 heterocycles. The van der Waals surface area contributed by atoms with Crippen molar-refractivity contribution in [1.29, 1.82) is 5.26 Å². The molecule has 0 amide bonds. The minimum absolute atomic E-state index is 0.229. The summed E-state index contributed by atoms with van der Waals surface area (Å²) in [6.45, 7) is 0. The lowest BCUT2D eigenvalue weighted by Crippen LogP contribution is -2.27. The molecule has 0 aliphatic heterocycles. The lowest BCUT2D eigenvalue weighted by atomic mass is 9.92. The predicted octanol–water partition coefficient (Wildman–Crippen LogP) is 4.14. The molecule has 0 saturated heterocycles. The van der Waals surface area contributed by atoms with Crippen LogP contribution in [0, 0.1) is 11.3 Å². The van der Waals surface area contributed by atoms with Crippen LogP contribution >= 0.6 is 34.8 Å². The third-order valence-corrected chi connectivity index (χ3v) is 4.66. The summed E-state index contributed by atoms with van der Waals surface area (Å²) in [5, 5.41) is 10.6. The first-order valence-corrected chi connectivity index (χ1v) is 8.50. The molecule has 130 valence electrons. The summed E-state index contributed by atoms with van der Waals surface area (Å²) in [5.41, 5.74) is 0.367. The second-order valence-electron chi connectivity index (χ2n) is 5.42. The van der Waals surface area contributed by atoms with Gasteiger partial charge in [0.15, 0.2) is 0 Å². The van der Waals surface area contributed by atoms with Crippen LogP contribution < -0.4 is 11.2 Å². The number of hydrogen-bond donors (Lipinski definition) is 1. The lowest BCUT2D eigenvalue weighted by molar-refractivity contribution is 0.894. The van der Waals surface area contributed by atoms with E-state index in [0.717, 1.165) is 0 Å². The third-order valence-electron chi connectivity index (χ3n) is 3.79. The highest BCUT2D eigenvalue weighted by molar-refractivity contribution is 6.36. The van der Waals surface area contributed by atoms with E-state index in [-0.39, 0.29) is 10.0 Å². The monoisotopic (exact) mass is 405 g/mol. The largest absolute Gasteiger partial charge is 0.332 e. The summed E-state index contributed by atoms with van der Waals surface area (Å²) in [5.74, 6) is -0.700. The Kier molecular flexibility index (Phi) is 5.19. The Bertz CT molecular complexity index is 1100. The second kappa shape index (κ2) is 7.38. The van der Waals surface area contributed by atoms with Crippen molar-refractivity contribution in [3.05, 3.63) is 95.7 Å². The van der Waals surface area contributed by atoms with Gasteiger partial charge in [0.25, 0.3) is 5.56 Å². The number of aromatic nitrogens is 2. The molecule has 8 heteroatoms. The van der Waals surface area contributed by atoms with Crippen molar-refractivity contribution in [3.63, 3.8) is 0 Å². The molecular formula is C18H10Cl3N3O2. The van der Waals surface area contributed by atoms with Gasteiger partial charge >= 0.3 is 5.69 Å². The fourth-order valence-electron chi connectivity index (χ4n) is 2.57. The van der Waals surface area contributed by atoms with Gasteiger partial charge in [0.2, 0.25) is 0 Å². The Hall–Kier alpha value is -2.52. The van der Waals surface area contributed by atoms with Crippen LogP contribution in [0.2, 0.25) is 15.1 Å². The molecular weight excluding hydrogens is 397 g/mol. The zero-order chi connectivity index (χ0) is 18.8. The Morgan fingerprint density at radius 2 is 1.62 bits per heavy atom. The number of rotatable bonds is 3. The van der Waals surface area contributed by atoms with Crippen LogP contribution in [-0.2, 0) is 0 Å². The molecule has 5 nitrogen and oxygen atoms in total. The van der Waals surface area contributed by atoms with E-state index < -0.39 is 17.2 Å². The molecule has 0 aliphatic rings. The van der Waals surface area contributed by atoms with Crippen LogP contribution in [0.1, 0.15) is 17.0 Å². The fourth-order valence-corrected chi connectivity index (χ4v) is 3.39. The highest BCUT2D eigenvalue weighted by atomic mass is 35.5. The fraction of sp³-hybridized carbons (Fsp3) is 0.0556. The van der Waals surface area contributed by atoms with E-state index in [9.17, 15) is 14.9 Å². The van der Waals surface area contributed by atoms with E-state index in [1.165, 1.54) is 29.0 Å². The lowest BCUT2D eigenvalue weighted by Gasteiger charge is -2.16. The van der Waals surface area contributed by atoms with Crippen molar-refractivity contribution < 1.29 is 0 Å². The summed E-state index contributed by atoms with van der Waals surface area (Å²) in [6, 6.07) is 13.2. The van der Waals surface area contributed by atoms with Gasteiger partial charge in [-0.3, -0.25) is 14.3 Å². The van der Waals surface area contributed by atoms with Crippen molar-refractivity contribution in [2.45, 2.75) is 5.92 Å². The highest BCUT2D eigenvalue weighted by Gasteiger charge is 2.21. The first-order valence-electron chi connectivity index (χ1n) is 7.37. The van der Waals surface area contributed by atoms with E-state index in [1.54, 1.807) is 24.3 Å². The van der Waals surface area contributed by atoms with Gasteiger partial charge in [-0.1, -0.05) is 46.9 Å². The van der Waals surface area contributed by atoms with Gasteiger partial charge in [0.1, 0.15) is 0 Å². The molecule has 3 aromatic rings. The maximum absolute atomic E-state index is 11.9. The Balaban J connectivity index is 2.12. The number of nitriles is 1. The zero-order valence-corrected chi connectivity index (χ0v) is 15.3. The first kappa shape index (κ1) is 18.3. The molecule has 0 bridgehead atoms. The first-order chi connectivity index (χ1) is 12.4. The van der Waals surface area contributed by atoms with Gasteiger partial charge in [-0.25, -0.2) is 4.79 Å². The minimum atomic E-state index is -0.700. The molecule has 1 unspecified atom stereocenters. The van der Waals surface area contributed by atoms with E-state index in [1.807, 2.05) is 0 Å². The Morgan fingerprint density at radius 3 is 2.15 bits per heavy atom. The summed E-state index contributed by atoms with van der Waals surface area (Å²) in [4.78, 5) is 25.3. The molecule has 2 aromatic carbocycles. The number of nitrogens with one attached hydrogen (secondary N) is 1. The van der Waals surface area contributed by atoms with Crippen molar-refractivity contribution in [1.82, 2.24) is 9.55 Å². The summed E-state index contributed by atoms with van der Waals surface area (Å²) in [6.07, 6.45) is 1.32. The zero-order valence-electron chi connectivity index (χ0n) is 13.0. The standard InChI is InChI=1S/C18H10Cl3N3O2/c19-11-3-1-10(2-4-11)13(9-22)17-14(20)7-12(8-15(17)21)24-6-5-16(25)23-18(24)26/h1-8,13H,(H,23,25,26). The van der Waals surface area contributed by atoms with Crippen LogP contribution in [0.3, 0.4) is 0 Å². The van der Waals surface area contributed by atoms with Gasteiger partial charge in [-0.15, -0.1) is 0 Å². The molecule has 0 fully saturated rings.